The standard InChI is InChI=1S/C34H35FN8O3S2/c1-21-23-9-5-18-43(31(23)42-41-30(21)40-33-38-25-10-2-3-11-27(25)47-33)34-39-29(32(44)45)28(48-34)12-6-19-46-26-14-13-22(20-24(26)35)8-4-16-37-17-7-15-36/h2-3,10-11,13-14,20,37H,5-7,9,12,15-19,36H2,1H3,(H,44,45)(H,38,40,41). The van der Waals surface area contributed by atoms with E-state index >= 15 is 0 Å². The predicted molar refractivity (Wildman–Crippen MR) is 188 cm³/mol. The SMILES string of the molecule is Cc1c(Nc2nc3ccccc3s2)nnc2c1CCCN2c1nc(C(=O)O)c(CCCOc2ccc(C#CCNCCCN)cc2F)s1. The van der Waals surface area contributed by atoms with Crippen molar-refractivity contribution in [3.8, 4) is 17.6 Å². The number of carboxylic acid groups (broad SMARTS) is 1. The highest BCUT2D eigenvalue weighted by Crippen LogP contribution is 2.39. The van der Waals surface area contributed by atoms with E-state index in [1.54, 1.807) is 23.5 Å². The van der Waals surface area contributed by atoms with Crippen molar-refractivity contribution < 1.29 is 19.0 Å². The van der Waals surface area contributed by atoms with Crippen LogP contribution in [0.15, 0.2) is 42.5 Å². The van der Waals surface area contributed by atoms with Crippen LogP contribution in [0.4, 0.5) is 26.3 Å². The minimum Gasteiger partial charge on any atom is -0.491 e. The molecule has 248 valence electrons. The number of para-hydroxylation sites is 1. The lowest BCUT2D eigenvalue weighted by Gasteiger charge is -2.28. The molecule has 48 heavy (non-hydrogen) atoms. The van der Waals surface area contributed by atoms with Gasteiger partial charge in [0.25, 0.3) is 0 Å². The number of nitrogens with two attached hydrogens (primary N) is 1. The predicted octanol–water partition coefficient (Wildman–Crippen LogP) is 5.82. The first-order chi connectivity index (χ1) is 23.4. The first-order valence-corrected chi connectivity index (χ1v) is 17.4. The minimum atomic E-state index is -1.10. The molecule has 0 atom stereocenters. The van der Waals surface area contributed by atoms with Crippen LogP contribution < -0.4 is 26.0 Å². The molecule has 3 aromatic heterocycles. The number of aryl methyl sites for hydroxylation is 1. The molecule has 0 saturated carbocycles. The van der Waals surface area contributed by atoms with Crippen molar-refractivity contribution in [2.45, 2.75) is 39.0 Å². The molecule has 0 unspecified atom stereocenters. The average Bonchev–Trinajstić information content (AvgIpc) is 3.71. The molecule has 0 bridgehead atoms. The molecule has 0 fully saturated rings. The van der Waals surface area contributed by atoms with Crippen LogP contribution >= 0.6 is 22.7 Å². The van der Waals surface area contributed by atoms with Gasteiger partial charge in [0.15, 0.2) is 39.2 Å². The van der Waals surface area contributed by atoms with Gasteiger partial charge in [0.05, 0.1) is 23.4 Å². The van der Waals surface area contributed by atoms with Crippen LogP contribution in [-0.2, 0) is 12.8 Å². The minimum absolute atomic E-state index is 0.00699. The first kappa shape index (κ1) is 33.2. The highest BCUT2D eigenvalue weighted by Gasteiger charge is 2.28. The topological polar surface area (TPSA) is 151 Å². The second-order valence-electron chi connectivity index (χ2n) is 11.1. The van der Waals surface area contributed by atoms with E-state index in [9.17, 15) is 14.3 Å². The number of aromatic carboxylic acids is 1. The molecule has 5 aromatic rings. The van der Waals surface area contributed by atoms with Crippen molar-refractivity contribution in [3.05, 3.63) is 75.5 Å². The van der Waals surface area contributed by atoms with E-state index in [4.69, 9.17) is 10.5 Å². The quantitative estimate of drug-likeness (QED) is 0.0877. The summed E-state index contributed by atoms with van der Waals surface area (Å²) in [5.74, 6) is 5.75. The van der Waals surface area contributed by atoms with E-state index in [0.717, 1.165) is 52.3 Å². The summed E-state index contributed by atoms with van der Waals surface area (Å²) in [4.78, 5) is 23.9. The van der Waals surface area contributed by atoms with Crippen LogP contribution in [0.5, 0.6) is 5.75 Å². The molecule has 4 heterocycles. The Morgan fingerprint density at radius 2 is 2.04 bits per heavy atom. The van der Waals surface area contributed by atoms with Gasteiger partial charge in [-0.15, -0.1) is 21.5 Å². The Bertz CT molecular complexity index is 1950. The van der Waals surface area contributed by atoms with Gasteiger partial charge in [0, 0.05) is 28.1 Å². The van der Waals surface area contributed by atoms with Gasteiger partial charge in [-0.3, -0.25) is 0 Å². The fraction of sp³-hybridized carbons (Fsp3) is 0.324. The molecule has 14 heteroatoms. The zero-order valence-corrected chi connectivity index (χ0v) is 28.0. The molecule has 0 amide bonds. The first-order valence-electron chi connectivity index (χ1n) is 15.7. The van der Waals surface area contributed by atoms with E-state index in [1.165, 1.54) is 17.4 Å². The Kier molecular flexibility index (Phi) is 10.7. The fourth-order valence-electron chi connectivity index (χ4n) is 5.34. The second-order valence-corrected chi connectivity index (χ2v) is 13.2. The second kappa shape index (κ2) is 15.5. The molecule has 0 saturated heterocycles. The third-order valence-electron chi connectivity index (χ3n) is 7.77. The molecule has 0 aliphatic carbocycles. The largest absolute Gasteiger partial charge is 0.491 e. The van der Waals surface area contributed by atoms with E-state index < -0.39 is 11.8 Å². The molecular weight excluding hydrogens is 652 g/mol. The number of hydrogen-bond acceptors (Lipinski definition) is 12. The number of aromatic nitrogens is 4. The molecule has 0 radical (unpaired) electrons. The molecular formula is C34H35FN8O3S2. The number of ether oxygens (including phenoxy) is 1. The number of rotatable bonds is 13. The summed E-state index contributed by atoms with van der Waals surface area (Å²) < 4.78 is 21.4. The van der Waals surface area contributed by atoms with Gasteiger partial charge >= 0.3 is 5.97 Å². The van der Waals surface area contributed by atoms with Crippen LogP contribution in [-0.4, -0.2) is 64.0 Å². The van der Waals surface area contributed by atoms with Crippen molar-refractivity contribution in [1.82, 2.24) is 25.5 Å². The number of carboxylic acids is 1. The van der Waals surface area contributed by atoms with Crippen molar-refractivity contribution in [2.24, 2.45) is 5.73 Å². The Hall–Kier alpha value is -4.68. The van der Waals surface area contributed by atoms with Gasteiger partial charge in [0.1, 0.15) is 0 Å². The maximum Gasteiger partial charge on any atom is 0.355 e. The number of hydrogen-bond donors (Lipinski definition) is 4. The molecule has 1 aliphatic heterocycles. The summed E-state index contributed by atoms with van der Waals surface area (Å²) in [6, 6.07) is 12.6. The highest BCUT2D eigenvalue weighted by atomic mass is 32.1. The Labute approximate surface area is 285 Å². The number of halogens is 1. The lowest BCUT2D eigenvalue weighted by atomic mass is 10.0. The van der Waals surface area contributed by atoms with E-state index in [-0.39, 0.29) is 18.1 Å². The van der Waals surface area contributed by atoms with Gasteiger partial charge in [-0.05, 0) is 82.4 Å². The van der Waals surface area contributed by atoms with Crippen LogP contribution in [0.3, 0.4) is 0 Å². The zero-order valence-electron chi connectivity index (χ0n) is 26.4. The zero-order chi connectivity index (χ0) is 33.5. The van der Waals surface area contributed by atoms with Crippen molar-refractivity contribution in [2.75, 3.05) is 43.0 Å². The summed E-state index contributed by atoms with van der Waals surface area (Å²) >= 11 is 2.88. The summed E-state index contributed by atoms with van der Waals surface area (Å²) in [7, 11) is 0. The molecule has 0 spiro atoms. The van der Waals surface area contributed by atoms with Gasteiger partial charge in [-0.1, -0.05) is 35.3 Å². The monoisotopic (exact) mass is 686 g/mol. The Morgan fingerprint density at radius 1 is 1.17 bits per heavy atom. The highest BCUT2D eigenvalue weighted by molar-refractivity contribution is 7.22. The number of nitrogens with one attached hydrogen (secondary N) is 2. The van der Waals surface area contributed by atoms with Crippen LogP contribution in [0.1, 0.15) is 51.3 Å². The number of thiazole rings is 2. The molecule has 5 N–H and O–H groups in total. The number of anilines is 4. The molecule has 2 aromatic carbocycles. The maximum atomic E-state index is 14.7. The number of nitrogens with zero attached hydrogens (tertiary/aromatic N) is 5. The molecule has 6 rings (SSSR count). The van der Waals surface area contributed by atoms with Gasteiger partial charge < -0.3 is 31.1 Å². The van der Waals surface area contributed by atoms with E-state index in [2.05, 4.69) is 42.6 Å². The number of fused-ring (bicyclic) bond motifs is 2. The Morgan fingerprint density at radius 3 is 2.85 bits per heavy atom. The average molecular weight is 687 g/mol. The summed E-state index contributed by atoms with van der Waals surface area (Å²) in [6.07, 6.45) is 3.44. The van der Waals surface area contributed by atoms with Crippen LogP contribution in [0.25, 0.3) is 10.2 Å². The van der Waals surface area contributed by atoms with Crippen LogP contribution in [0, 0.1) is 24.6 Å². The van der Waals surface area contributed by atoms with E-state index in [1.807, 2.05) is 36.1 Å². The maximum absolute atomic E-state index is 14.7. The fourth-order valence-corrected chi connectivity index (χ4v) is 7.32. The van der Waals surface area contributed by atoms with Gasteiger partial charge in [0.2, 0.25) is 0 Å². The van der Waals surface area contributed by atoms with Gasteiger partial charge in [-0.2, -0.15) is 0 Å². The number of benzene rings is 2. The lowest BCUT2D eigenvalue weighted by Crippen LogP contribution is -2.27. The van der Waals surface area contributed by atoms with Crippen LogP contribution in [0.2, 0.25) is 0 Å². The normalized spacial score (nSPS) is 12.4. The molecule has 1 aliphatic rings. The summed E-state index contributed by atoms with van der Waals surface area (Å²) in [6.45, 7) is 4.77. The number of carbonyl (C=O) groups is 1. The lowest BCUT2D eigenvalue weighted by molar-refractivity contribution is 0.0690. The van der Waals surface area contributed by atoms with E-state index in [0.29, 0.717) is 59.7 Å². The van der Waals surface area contributed by atoms with Gasteiger partial charge in [-0.25, -0.2) is 19.2 Å². The van der Waals surface area contributed by atoms with Crippen molar-refractivity contribution in [1.29, 1.82) is 0 Å². The molecule has 11 nitrogen and oxygen atoms in total. The third-order valence-corrected chi connectivity index (χ3v) is 9.86. The Balaban J connectivity index is 1.09. The summed E-state index contributed by atoms with van der Waals surface area (Å²) in [5.41, 5.74) is 8.97. The smallest absolute Gasteiger partial charge is 0.355 e. The van der Waals surface area contributed by atoms with Crippen molar-refractivity contribution >= 4 is 60.8 Å². The third kappa shape index (κ3) is 7.71. The summed E-state index contributed by atoms with van der Waals surface area (Å²) in [5, 5.41) is 26.8. The van der Waals surface area contributed by atoms with Crippen molar-refractivity contribution in [3.63, 3.8) is 0 Å².